The summed E-state index contributed by atoms with van der Waals surface area (Å²) >= 11 is 0. The van der Waals surface area contributed by atoms with E-state index in [-0.39, 0.29) is 0 Å². The maximum Gasteiger partial charge on any atom is 0.195 e. The fraction of sp³-hybridized carbons (Fsp3) is 0.800. The Morgan fingerprint density at radius 1 is 1.33 bits per heavy atom. The Kier molecular flexibility index (Phi) is 5.24. The number of nitrogens with one attached hydrogen (secondary N) is 1. The lowest BCUT2D eigenvalue weighted by Gasteiger charge is -2.19. The third-order valence-corrected chi connectivity index (χ3v) is 3.71. The van der Waals surface area contributed by atoms with Gasteiger partial charge in [0.2, 0.25) is 0 Å². The van der Waals surface area contributed by atoms with Gasteiger partial charge in [-0.3, -0.25) is 0 Å². The molecule has 0 unspecified atom stereocenters. The molecule has 0 spiro atoms. The van der Waals surface area contributed by atoms with Gasteiger partial charge in [-0.05, 0) is 5.92 Å². The SMILES string of the molecule is CC(C)NCCc1ncc(CC2CCCCC2)o1. The van der Waals surface area contributed by atoms with Crippen molar-refractivity contribution in [3.8, 4) is 0 Å². The molecule has 0 radical (unpaired) electrons. The zero-order valence-corrected chi connectivity index (χ0v) is 11.7. The highest BCUT2D eigenvalue weighted by Gasteiger charge is 2.16. The van der Waals surface area contributed by atoms with Crippen molar-refractivity contribution in [2.75, 3.05) is 6.54 Å². The summed E-state index contributed by atoms with van der Waals surface area (Å²) in [5, 5.41) is 3.38. The molecule has 0 aliphatic heterocycles. The Hall–Kier alpha value is -0.830. The largest absolute Gasteiger partial charge is 0.446 e. The molecular weight excluding hydrogens is 224 g/mol. The highest BCUT2D eigenvalue weighted by Crippen LogP contribution is 2.26. The molecule has 1 heterocycles. The van der Waals surface area contributed by atoms with Gasteiger partial charge in [-0.1, -0.05) is 46.0 Å². The number of rotatable bonds is 6. The third kappa shape index (κ3) is 4.45. The van der Waals surface area contributed by atoms with Crippen molar-refractivity contribution in [2.24, 2.45) is 5.92 Å². The summed E-state index contributed by atoms with van der Waals surface area (Å²) in [6.07, 6.45) is 10.8. The zero-order chi connectivity index (χ0) is 12.8. The molecule has 1 saturated carbocycles. The Labute approximate surface area is 110 Å². The van der Waals surface area contributed by atoms with Gasteiger partial charge in [0.15, 0.2) is 5.89 Å². The summed E-state index contributed by atoms with van der Waals surface area (Å²) in [6, 6.07) is 0.529. The van der Waals surface area contributed by atoms with Crippen LogP contribution in [0.5, 0.6) is 0 Å². The van der Waals surface area contributed by atoms with Crippen molar-refractivity contribution >= 4 is 0 Å². The van der Waals surface area contributed by atoms with E-state index in [2.05, 4.69) is 24.1 Å². The lowest BCUT2D eigenvalue weighted by molar-refractivity contribution is 0.328. The van der Waals surface area contributed by atoms with Gasteiger partial charge in [0.1, 0.15) is 5.76 Å². The van der Waals surface area contributed by atoms with Crippen molar-refractivity contribution < 1.29 is 4.42 Å². The number of hydrogen-bond acceptors (Lipinski definition) is 3. The van der Waals surface area contributed by atoms with E-state index in [1.807, 2.05) is 6.20 Å². The smallest absolute Gasteiger partial charge is 0.195 e. The second-order valence-corrected chi connectivity index (χ2v) is 5.79. The molecule has 0 bridgehead atoms. The number of oxazole rings is 1. The van der Waals surface area contributed by atoms with Crippen LogP contribution >= 0.6 is 0 Å². The fourth-order valence-electron chi connectivity index (χ4n) is 2.70. The lowest BCUT2D eigenvalue weighted by atomic mass is 9.86. The second kappa shape index (κ2) is 6.93. The molecule has 3 heteroatoms. The first kappa shape index (κ1) is 13.6. The van der Waals surface area contributed by atoms with Crippen LogP contribution in [0.2, 0.25) is 0 Å². The average molecular weight is 250 g/mol. The summed E-state index contributed by atoms with van der Waals surface area (Å²) in [5.74, 6) is 2.80. The summed E-state index contributed by atoms with van der Waals surface area (Å²) in [7, 11) is 0. The molecular formula is C15H26N2O. The van der Waals surface area contributed by atoms with Crippen molar-refractivity contribution in [3.05, 3.63) is 17.8 Å². The standard InChI is InChI=1S/C15H26N2O/c1-12(2)16-9-8-15-17-11-14(18-15)10-13-6-4-3-5-7-13/h11-13,16H,3-10H2,1-2H3. The first-order chi connectivity index (χ1) is 8.74. The highest BCUT2D eigenvalue weighted by atomic mass is 16.4. The molecule has 1 N–H and O–H groups in total. The first-order valence-corrected chi connectivity index (χ1v) is 7.41. The topological polar surface area (TPSA) is 38.1 Å². The molecule has 0 saturated heterocycles. The van der Waals surface area contributed by atoms with Crippen molar-refractivity contribution in [3.63, 3.8) is 0 Å². The summed E-state index contributed by atoms with van der Waals surface area (Å²) in [6.45, 7) is 5.26. The molecule has 0 amide bonds. The maximum atomic E-state index is 5.82. The van der Waals surface area contributed by atoms with Gasteiger partial charge in [-0.15, -0.1) is 0 Å². The van der Waals surface area contributed by atoms with E-state index in [0.717, 1.165) is 37.0 Å². The maximum absolute atomic E-state index is 5.82. The van der Waals surface area contributed by atoms with E-state index in [1.165, 1.54) is 32.1 Å². The van der Waals surface area contributed by atoms with Gasteiger partial charge in [0.05, 0.1) is 6.20 Å². The van der Waals surface area contributed by atoms with E-state index < -0.39 is 0 Å². The zero-order valence-electron chi connectivity index (χ0n) is 11.7. The summed E-state index contributed by atoms with van der Waals surface area (Å²) < 4.78 is 5.82. The molecule has 1 aromatic heterocycles. The predicted molar refractivity (Wildman–Crippen MR) is 73.6 cm³/mol. The molecule has 1 aliphatic carbocycles. The quantitative estimate of drug-likeness (QED) is 0.841. The number of aromatic nitrogens is 1. The van der Waals surface area contributed by atoms with Crippen LogP contribution in [0.15, 0.2) is 10.6 Å². The molecule has 0 aromatic carbocycles. The van der Waals surface area contributed by atoms with Crippen LogP contribution in [0, 0.1) is 5.92 Å². The molecule has 1 aromatic rings. The third-order valence-electron chi connectivity index (χ3n) is 3.71. The molecule has 1 fully saturated rings. The monoisotopic (exact) mass is 250 g/mol. The van der Waals surface area contributed by atoms with E-state index in [0.29, 0.717) is 6.04 Å². The Balaban J connectivity index is 1.74. The van der Waals surface area contributed by atoms with Crippen LogP contribution in [0.4, 0.5) is 0 Å². The van der Waals surface area contributed by atoms with Gasteiger partial charge >= 0.3 is 0 Å². The van der Waals surface area contributed by atoms with Crippen LogP contribution in [-0.4, -0.2) is 17.6 Å². The van der Waals surface area contributed by atoms with Crippen molar-refractivity contribution in [1.82, 2.24) is 10.3 Å². The minimum absolute atomic E-state index is 0.529. The van der Waals surface area contributed by atoms with E-state index in [4.69, 9.17) is 4.42 Å². The molecule has 2 rings (SSSR count). The fourth-order valence-corrected chi connectivity index (χ4v) is 2.70. The number of nitrogens with zero attached hydrogens (tertiary/aromatic N) is 1. The van der Waals surface area contributed by atoms with Gasteiger partial charge in [0.25, 0.3) is 0 Å². The molecule has 18 heavy (non-hydrogen) atoms. The summed E-state index contributed by atoms with van der Waals surface area (Å²) in [5.41, 5.74) is 0. The van der Waals surface area contributed by atoms with E-state index in [9.17, 15) is 0 Å². The van der Waals surface area contributed by atoms with E-state index >= 15 is 0 Å². The minimum Gasteiger partial charge on any atom is -0.446 e. The highest BCUT2D eigenvalue weighted by molar-refractivity contribution is 4.96. The lowest BCUT2D eigenvalue weighted by Crippen LogP contribution is -2.24. The summed E-state index contributed by atoms with van der Waals surface area (Å²) in [4.78, 5) is 4.37. The van der Waals surface area contributed by atoms with Gasteiger partial charge in [0, 0.05) is 25.4 Å². The normalized spacial score (nSPS) is 17.5. The van der Waals surface area contributed by atoms with Crippen LogP contribution in [0.1, 0.15) is 57.6 Å². The first-order valence-electron chi connectivity index (χ1n) is 7.41. The Morgan fingerprint density at radius 2 is 2.11 bits per heavy atom. The Morgan fingerprint density at radius 3 is 2.83 bits per heavy atom. The number of hydrogen-bond donors (Lipinski definition) is 1. The van der Waals surface area contributed by atoms with Crippen LogP contribution in [0.3, 0.4) is 0 Å². The molecule has 0 atom stereocenters. The molecule has 3 nitrogen and oxygen atoms in total. The van der Waals surface area contributed by atoms with Crippen LogP contribution in [0.25, 0.3) is 0 Å². The van der Waals surface area contributed by atoms with Crippen LogP contribution in [-0.2, 0) is 12.8 Å². The van der Waals surface area contributed by atoms with Gasteiger partial charge < -0.3 is 9.73 Å². The molecule has 102 valence electrons. The van der Waals surface area contributed by atoms with Crippen molar-refractivity contribution in [2.45, 2.75) is 64.8 Å². The Bertz CT molecular complexity index is 340. The average Bonchev–Trinajstić information content (AvgIpc) is 2.78. The van der Waals surface area contributed by atoms with Gasteiger partial charge in [-0.25, -0.2) is 4.98 Å². The van der Waals surface area contributed by atoms with Gasteiger partial charge in [-0.2, -0.15) is 0 Å². The van der Waals surface area contributed by atoms with Crippen molar-refractivity contribution in [1.29, 1.82) is 0 Å². The van der Waals surface area contributed by atoms with Crippen LogP contribution < -0.4 is 5.32 Å². The predicted octanol–water partition coefficient (Wildman–Crippen LogP) is 3.34. The second-order valence-electron chi connectivity index (χ2n) is 5.79. The minimum atomic E-state index is 0.529. The molecule has 1 aliphatic rings. The van der Waals surface area contributed by atoms with E-state index in [1.54, 1.807) is 0 Å².